The molecule has 3 heterocycles. The van der Waals surface area contributed by atoms with Crippen LogP contribution in [0.5, 0.6) is 17.2 Å². The number of aromatic hydroxyl groups is 2. The highest BCUT2D eigenvalue weighted by atomic mass is 32.1. The number of aromatic nitrogens is 1. The molecule has 0 aliphatic carbocycles. The lowest BCUT2D eigenvalue weighted by atomic mass is 9.85. The Morgan fingerprint density at radius 2 is 1.50 bits per heavy atom. The maximum Gasteiger partial charge on any atom is 0.271 e. The number of aliphatic hydroxyl groups excluding tert-OH is 1. The summed E-state index contributed by atoms with van der Waals surface area (Å²) < 4.78 is 6.64. The molecular formula is C57H58N6O9S2. The minimum atomic E-state index is -0.934. The molecule has 0 saturated carbocycles. The highest BCUT2D eigenvalue weighted by Gasteiger charge is 2.44. The third-order valence-corrected chi connectivity index (χ3v) is 15.0. The Balaban J connectivity index is 0.772. The number of carbonyl (C=O) groups is 5. The number of β-amino-alcohol motifs (C(OH)–C–C–N with tert-alkyl or cyclic N) is 1. The third-order valence-electron chi connectivity index (χ3n) is 12.8. The molecule has 4 amide bonds. The Morgan fingerprint density at radius 3 is 2.18 bits per heavy atom. The van der Waals surface area contributed by atoms with Crippen LogP contribution < -0.4 is 20.8 Å². The molecule has 0 unspecified atom stereocenters. The number of likely N-dealkylation sites (tertiary alicyclic amines) is 1. The molecule has 0 bridgehead atoms. The normalized spacial score (nSPS) is 15.5. The number of hydrazone groups is 1. The van der Waals surface area contributed by atoms with Gasteiger partial charge in [0.2, 0.25) is 17.7 Å². The number of aryl methyl sites for hydroxylation is 1. The van der Waals surface area contributed by atoms with E-state index >= 15 is 0 Å². The van der Waals surface area contributed by atoms with E-state index in [0.29, 0.717) is 57.7 Å². The standard InChI is InChI=1S/C57H58N6O9S2/c1-33(36-11-15-38(16-12-36)51-34(2)58-32-73-51)60-55(70)46-28-43(66)31-63(46)56(71)53(57(3,4)5)61-48(67)8-6-7-27-72-44-24-9-35(10-25-44)30-59-62-54(69)40-17-13-37(14-18-40)50(68)49-45-26-23-42(65)29-47(45)74-52(49)39-19-21-41(64)22-20-39/h9-26,29-30,32-33,43,46,53,64-66H,6-8,27-28,31H2,1-5H3,(H,60,70)(H,61,67)(H,62,69)/b59-30+/t33-,43+,46-,53+/m0/s1. The van der Waals surface area contributed by atoms with Gasteiger partial charge in [-0.2, -0.15) is 5.10 Å². The Labute approximate surface area is 437 Å². The van der Waals surface area contributed by atoms with Gasteiger partial charge in [-0.3, -0.25) is 24.0 Å². The molecular weight excluding hydrogens is 977 g/mol. The van der Waals surface area contributed by atoms with E-state index in [9.17, 15) is 39.3 Å². The van der Waals surface area contributed by atoms with Gasteiger partial charge in [-0.05, 0) is 133 Å². The summed E-state index contributed by atoms with van der Waals surface area (Å²) in [6, 6.07) is 30.5. The topological polar surface area (TPSA) is 220 Å². The number of hydrogen-bond acceptors (Lipinski definition) is 13. The fourth-order valence-electron chi connectivity index (χ4n) is 8.75. The van der Waals surface area contributed by atoms with Crippen molar-refractivity contribution in [1.29, 1.82) is 0 Å². The third kappa shape index (κ3) is 12.5. The molecule has 0 spiro atoms. The smallest absolute Gasteiger partial charge is 0.271 e. The van der Waals surface area contributed by atoms with E-state index in [0.717, 1.165) is 32.0 Å². The molecule has 15 nitrogen and oxygen atoms in total. The highest BCUT2D eigenvalue weighted by Crippen LogP contribution is 2.41. The van der Waals surface area contributed by atoms with Gasteiger partial charge in [0.15, 0.2) is 5.78 Å². The van der Waals surface area contributed by atoms with Crippen LogP contribution in [-0.2, 0) is 14.4 Å². The van der Waals surface area contributed by atoms with Gasteiger partial charge in [0.05, 0.1) is 41.0 Å². The van der Waals surface area contributed by atoms with Crippen molar-refractivity contribution in [2.24, 2.45) is 10.5 Å². The summed E-state index contributed by atoms with van der Waals surface area (Å²) in [7, 11) is 0. The lowest BCUT2D eigenvalue weighted by Gasteiger charge is -2.35. The zero-order valence-corrected chi connectivity index (χ0v) is 43.3. The molecule has 1 aliphatic rings. The molecule has 5 aromatic carbocycles. The van der Waals surface area contributed by atoms with Gasteiger partial charge < -0.3 is 35.6 Å². The predicted octanol–water partition coefficient (Wildman–Crippen LogP) is 9.33. The first-order valence-electron chi connectivity index (χ1n) is 24.3. The number of rotatable bonds is 18. The summed E-state index contributed by atoms with van der Waals surface area (Å²) in [4.78, 5) is 75.5. The SMILES string of the molecule is Cc1ncsc1-c1ccc([C@H](C)NC(=O)[C@@H]2C[C@@H](O)CN2C(=O)[C@@H](NC(=O)CCCCOc2ccc(/C=N/NC(=O)c3ccc(C(=O)c4c(-c5ccc(O)cc5)sc5cc(O)ccc45)cc3)cc2)C(C)(C)C)cc1. The number of unbranched alkanes of at least 4 members (excludes halogenated alkanes) is 1. The van der Waals surface area contributed by atoms with Crippen LogP contribution in [0.25, 0.3) is 31.0 Å². The molecule has 17 heteroatoms. The van der Waals surface area contributed by atoms with Gasteiger partial charge >= 0.3 is 0 Å². The second-order valence-corrected chi connectivity index (χ2v) is 21.3. The molecule has 6 N–H and O–H groups in total. The van der Waals surface area contributed by atoms with Gasteiger partial charge in [-0.1, -0.05) is 57.2 Å². The Morgan fingerprint density at radius 1 is 0.838 bits per heavy atom. The molecule has 7 aromatic rings. The monoisotopic (exact) mass is 1030 g/mol. The number of benzene rings is 5. The number of phenols is 2. The van der Waals surface area contributed by atoms with Crippen molar-refractivity contribution in [2.75, 3.05) is 13.2 Å². The lowest BCUT2D eigenvalue weighted by Crippen LogP contribution is -2.57. The number of aliphatic hydroxyl groups is 1. The number of phenolic OH excluding ortho intramolecular Hbond substituents is 2. The fourth-order valence-corrected chi connectivity index (χ4v) is 10.8. The van der Waals surface area contributed by atoms with Gasteiger partial charge in [0, 0.05) is 51.0 Å². The first-order chi connectivity index (χ1) is 35.4. The van der Waals surface area contributed by atoms with Crippen LogP contribution in [0.4, 0.5) is 0 Å². The van der Waals surface area contributed by atoms with Crippen molar-refractivity contribution in [3.05, 3.63) is 154 Å². The quantitative estimate of drug-likeness (QED) is 0.0207. The van der Waals surface area contributed by atoms with Crippen molar-refractivity contribution < 1.29 is 44.0 Å². The van der Waals surface area contributed by atoms with Crippen LogP contribution in [0.1, 0.15) is 103 Å². The van der Waals surface area contributed by atoms with E-state index in [-0.39, 0.29) is 54.5 Å². The van der Waals surface area contributed by atoms with Crippen LogP contribution in [0, 0.1) is 12.3 Å². The van der Waals surface area contributed by atoms with Crippen LogP contribution in [0.3, 0.4) is 0 Å². The molecule has 2 aromatic heterocycles. The number of fused-ring (bicyclic) bond motifs is 1. The number of hydrogen-bond donors (Lipinski definition) is 6. The fraction of sp³-hybridized carbons (Fsp3) is 0.281. The van der Waals surface area contributed by atoms with E-state index in [1.807, 2.05) is 64.4 Å². The summed E-state index contributed by atoms with van der Waals surface area (Å²) in [5.41, 5.74) is 9.10. The minimum Gasteiger partial charge on any atom is -0.508 e. The number of thiophene rings is 1. The van der Waals surface area contributed by atoms with Crippen molar-refractivity contribution in [1.82, 2.24) is 25.9 Å². The number of ether oxygens (including phenoxy) is 1. The van der Waals surface area contributed by atoms with Gasteiger partial charge in [-0.25, -0.2) is 10.4 Å². The van der Waals surface area contributed by atoms with Crippen molar-refractivity contribution in [2.45, 2.75) is 84.5 Å². The average Bonchev–Trinajstić information content (AvgIpc) is 4.12. The van der Waals surface area contributed by atoms with Crippen molar-refractivity contribution in [3.63, 3.8) is 0 Å². The number of nitrogens with one attached hydrogen (secondary N) is 3. The summed E-state index contributed by atoms with van der Waals surface area (Å²) in [6.07, 6.45) is 1.91. The number of thiazole rings is 1. The number of amides is 4. The first-order valence-corrected chi connectivity index (χ1v) is 26.0. The average molecular weight is 1040 g/mol. The summed E-state index contributed by atoms with van der Waals surface area (Å²) in [5.74, 6) is -1.03. The first kappa shape index (κ1) is 52.6. The van der Waals surface area contributed by atoms with Crippen LogP contribution in [-0.4, -0.2) is 92.2 Å². The molecule has 4 atom stereocenters. The van der Waals surface area contributed by atoms with Crippen molar-refractivity contribution in [3.8, 4) is 38.1 Å². The molecule has 1 aliphatic heterocycles. The predicted molar refractivity (Wildman–Crippen MR) is 288 cm³/mol. The van der Waals surface area contributed by atoms with Crippen LogP contribution in [0.2, 0.25) is 0 Å². The van der Waals surface area contributed by atoms with Gasteiger partial charge in [0.1, 0.15) is 29.3 Å². The van der Waals surface area contributed by atoms with Gasteiger partial charge in [0.25, 0.3) is 5.91 Å². The maximum absolute atomic E-state index is 14.1. The minimum absolute atomic E-state index is 0.0181. The molecule has 382 valence electrons. The largest absolute Gasteiger partial charge is 0.508 e. The van der Waals surface area contributed by atoms with E-state index in [1.54, 1.807) is 96.3 Å². The second kappa shape index (κ2) is 23.0. The van der Waals surface area contributed by atoms with E-state index < -0.39 is 35.4 Å². The highest BCUT2D eigenvalue weighted by molar-refractivity contribution is 7.22. The molecule has 0 radical (unpaired) electrons. The Bertz CT molecular complexity index is 3180. The maximum atomic E-state index is 14.1. The summed E-state index contributed by atoms with van der Waals surface area (Å²) in [5, 5.41) is 41.3. The Kier molecular flexibility index (Phi) is 16.3. The van der Waals surface area contributed by atoms with Gasteiger partial charge in [-0.15, -0.1) is 22.7 Å². The molecule has 74 heavy (non-hydrogen) atoms. The van der Waals surface area contributed by atoms with Crippen LogP contribution in [0.15, 0.2) is 126 Å². The number of nitrogens with zero attached hydrogens (tertiary/aromatic N) is 3. The summed E-state index contributed by atoms with van der Waals surface area (Å²) in [6.45, 7) is 9.72. The van der Waals surface area contributed by atoms with Crippen LogP contribution >= 0.6 is 22.7 Å². The zero-order valence-electron chi connectivity index (χ0n) is 41.6. The summed E-state index contributed by atoms with van der Waals surface area (Å²) >= 11 is 2.93. The second-order valence-electron chi connectivity index (χ2n) is 19.4. The molecule has 1 saturated heterocycles. The zero-order chi connectivity index (χ0) is 52.7. The molecule has 8 rings (SSSR count). The van der Waals surface area contributed by atoms with E-state index in [2.05, 4.69) is 26.1 Å². The lowest BCUT2D eigenvalue weighted by molar-refractivity contribution is -0.144. The van der Waals surface area contributed by atoms with E-state index in [4.69, 9.17) is 4.74 Å². The Hall–Kier alpha value is -7.73. The number of carbonyl (C=O) groups excluding carboxylic acids is 5. The van der Waals surface area contributed by atoms with Crippen molar-refractivity contribution >= 4 is 68.4 Å². The number of ketones is 1. The van der Waals surface area contributed by atoms with E-state index in [1.165, 1.54) is 28.5 Å². The molecule has 1 fully saturated rings.